The van der Waals surface area contributed by atoms with Crippen molar-refractivity contribution in [3.8, 4) is 0 Å². The van der Waals surface area contributed by atoms with Gasteiger partial charge >= 0.3 is 0 Å². The van der Waals surface area contributed by atoms with Crippen LogP contribution in [0.5, 0.6) is 0 Å². The lowest BCUT2D eigenvalue weighted by atomic mass is 10.7. The Bertz CT molecular complexity index is 233. The number of aromatic nitrogens is 3. The van der Waals surface area contributed by atoms with Crippen LogP contribution in [-0.4, -0.2) is 46.1 Å². The number of nitrogens with zero attached hydrogens (tertiary/aromatic N) is 4. The molecule has 0 atom stereocenters. The van der Waals surface area contributed by atoms with Gasteiger partial charge in [-0.05, 0) is 14.1 Å². The summed E-state index contributed by atoms with van der Waals surface area (Å²) in [5.74, 6) is 1.06. The SMILES string of the molecule is CN(C)CCSc1nncn1C. The highest BCUT2D eigenvalue weighted by molar-refractivity contribution is 7.99. The molecule has 12 heavy (non-hydrogen) atoms. The van der Waals surface area contributed by atoms with Crippen LogP contribution < -0.4 is 0 Å². The fourth-order valence-electron chi connectivity index (χ4n) is 0.723. The Kier molecular flexibility index (Phi) is 3.55. The zero-order valence-electron chi connectivity index (χ0n) is 7.69. The molecule has 0 aliphatic rings. The average Bonchev–Trinajstić information content (AvgIpc) is 2.36. The molecule has 0 saturated carbocycles. The van der Waals surface area contributed by atoms with E-state index in [-0.39, 0.29) is 0 Å². The molecule has 4 nitrogen and oxygen atoms in total. The second kappa shape index (κ2) is 4.47. The molecular weight excluding hydrogens is 172 g/mol. The van der Waals surface area contributed by atoms with E-state index < -0.39 is 0 Å². The fourth-order valence-corrected chi connectivity index (χ4v) is 1.72. The summed E-state index contributed by atoms with van der Waals surface area (Å²) in [5, 5.41) is 8.75. The summed E-state index contributed by atoms with van der Waals surface area (Å²) in [6.07, 6.45) is 1.72. The first-order chi connectivity index (χ1) is 5.70. The van der Waals surface area contributed by atoms with Gasteiger partial charge in [0.15, 0.2) is 5.16 Å². The number of hydrogen-bond donors (Lipinski definition) is 0. The molecule has 0 spiro atoms. The molecule has 0 aromatic carbocycles. The zero-order valence-corrected chi connectivity index (χ0v) is 8.51. The van der Waals surface area contributed by atoms with Crippen LogP contribution in [0.25, 0.3) is 0 Å². The predicted octanol–water partition coefficient (Wildman–Crippen LogP) is 0.469. The zero-order chi connectivity index (χ0) is 8.97. The van der Waals surface area contributed by atoms with Crippen LogP contribution in [0.15, 0.2) is 11.5 Å². The number of hydrogen-bond acceptors (Lipinski definition) is 4. The van der Waals surface area contributed by atoms with E-state index in [4.69, 9.17) is 0 Å². The summed E-state index contributed by atoms with van der Waals surface area (Å²) in [4.78, 5) is 2.16. The largest absolute Gasteiger partial charge is 0.312 e. The van der Waals surface area contributed by atoms with Crippen LogP contribution in [0, 0.1) is 0 Å². The van der Waals surface area contributed by atoms with E-state index in [9.17, 15) is 0 Å². The minimum absolute atomic E-state index is 0.983. The van der Waals surface area contributed by atoms with Gasteiger partial charge in [0.1, 0.15) is 6.33 Å². The molecular formula is C7H14N4S. The molecule has 0 bridgehead atoms. The van der Waals surface area contributed by atoms with Crippen molar-refractivity contribution in [2.75, 3.05) is 26.4 Å². The molecule has 68 valence electrons. The quantitative estimate of drug-likeness (QED) is 0.640. The fraction of sp³-hybridized carbons (Fsp3) is 0.714. The lowest BCUT2D eigenvalue weighted by molar-refractivity contribution is 0.437. The van der Waals surface area contributed by atoms with E-state index in [1.165, 1.54) is 0 Å². The van der Waals surface area contributed by atoms with Crippen LogP contribution in [0.4, 0.5) is 0 Å². The molecule has 1 heterocycles. The Morgan fingerprint density at radius 2 is 2.33 bits per heavy atom. The first-order valence-electron chi connectivity index (χ1n) is 3.81. The third-order valence-corrected chi connectivity index (χ3v) is 2.45. The van der Waals surface area contributed by atoms with Gasteiger partial charge < -0.3 is 9.47 Å². The third kappa shape index (κ3) is 2.83. The van der Waals surface area contributed by atoms with Crippen molar-refractivity contribution < 1.29 is 0 Å². The molecule has 1 aromatic rings. The number of rotatable bonds is 4. The smallest absolute Gasteiger partial charge is 0.190 e. The van der Waals surface area contributed by atoms with Gasteiger partial charge in [-0.3, -0.25) is 0 Å². The first kappa shape index (κ1) is 9.54. The predicted molar refractivity (Wildman–Crippen MR) is 50.3 cm³/mol. The summed E-state index contributed by atoms with van der Waals surface area (Å²) < 4.78 is 1.93. The Balaban J connectivity index is 2.29. The monoisotopic (exact) mass is 186 g/mol. The van der Waals surface area contributed by atoms with Gasteiger partial charge in [0, 0.05) is 19.3 Å². The highest BCUT2D eigenvalue weighted by Crippen LogP contribution is 2.12. The maximum atomic E-state index is 3.97. The molecule has 1 rings (SSSR count). The summed E-state index contributed by atoms with van der Waals surface area (Å²) in [6.45, 7) is 1.07. The van der Waals surface area contributed by atoms with E-state index in [2.05, 4.69) is 29.2 Å². The molecule has 0 unspecified atom stereocenters. The van der Waals surface area contributed by atoms with Crippen LogP contribution in [0.2, 0.25) is 0 Å². The normalized spacial score (nSPS) is 11.0. The molecule has 0 N–H and O–H groups in total. The number of aryl methyl sites for hydroxylation is 1. The van der Waals surface area contributed by atoms with Crippen molar-refractivity contribution in [3.63, 3.8) is 0 Å². The van der Waals surface area contributed by atoms with Gasteiger partial charge in [0.2, 0.25) is 0 Å². The molecule has 0 saturated heterocycles. The summed E-state index contributed by atoms with van der Waals surface area (Å²) in [7, 11) is 6.09. The second-order valence-electron chi connectivity index (χ2n) is 2.88. The van der Waals surface area contributed by atoms with Gasteiger partial charge in [0.05, 0.1) is 0 Å². The Morgan fingerprint density at radius 3 is 2.83 bits per heavy atom. The molecule has 0 radical (unpaired) electrons. The Morgan fingerprint density at radius 1 is 1.58 bits per heavy atom. The molecule has 0 aliphatic heterocycles. The van der Waals surface area contributed by atoms with Crippen molar-refractivity contribution >= 4 is 11.8 Å². The Labute approximate surface area is 77.0 Å². The molecule has 5 heteroatoms. The van der Waals surface area contributed by atoms with Crippen molar-refractivity contribution in [1.29, 1.82) is 0 Å². The summed E-state index contributed by atoms with van der Waals surface area (Å²) in [6, 6.07) is 0. The van der Waals surface area contributed by atoms with Gasteiger partial charge in [0.25, 0.3) is 0 Å². The van der Waals surface area contributed by atoms with Crippen LogP contribution in [0.1, 0.15) is 0 Å². The molecule has 0 aliphatic carbocycles. The molecule has 0 amide bonds. The standard InChI is InChI=1S/C7H14N4S/c1-10(2)4-5-12-7-9-8-6-11(7)3/h6H,4-5H2,1-3H3. The highest BCUT2D eigenvalue weighted by Gasteiger charge is 2.00. The second-order valence-corrected chi connectivity index (χ2v) is 3.94. The first-order valence-corrected chi connectivity index (χ1v) is 4.80. The van der Waals surface area contributed by atoms with Crippen molar-refractivity contribution in [2.45, 2.75) is 5.16 Å². The third-order valence-electron chi connectivity index (χ3n) is 1.44. The number of thioether (sulfide) groups is 1. The van der Waals surface area contributed by atoms with Gasteiger partial charge in [-0.2, -0.15) is 0 Å². The van der Waals surface area contributed by atoms with Crippen LogP contribution >= 0.6 is 11.8 Å². The Hall–Kier alpha value is -0.550. The van der Waals surface area contributed by atoms with Crippen molar-refractivity contribution in [3.05, 3.63) is 6.33 Å². The van der Waals surface area contributed by atoms with Gasteiger partial charge in [-0.1, -0.05) is 11.8 Å². The van der Waals surface area contributed by atoms with E-state index in [1.807, 2.05) is 11.6 Å². The highest BCUT2D eigenvalue weighted by atomic mass is 32.2. The van der Waals surface area contributed by atoms with E-state index in [0.717, 1.165) is 17.5 Å². The minimum Gasteiger partial charge on any atom is -0.312 e. The minimum atomic E-state index is 0.983. The van der Waals surface area contributed by atoms with E-state index >= 15 is 0 Å². The van der Waals surface area contributed by atoms with Gasteiger partial charge in [-0.15, -0.1) is 10.2 Å². The summed E-state index contributed by atoms with van der Waals surface area (Å²) in [5.41, 5.74) is 0. The molecule has 0 fully saturated rings. The van der Waals surface area contributed by atoms with E-state index in [1.54, 1.807) is 18.1 Å². The molecule has 1 aromatic heterocycles. The maximum absolute atomic E-state index is 3.97. The van der Waals surface area contributed by atoms with Crippen LogP contribution in [-0.2, 0) is 7.05 Å². The topological polar surface area (TPSA) is 34.0 Å². The average molecular weight is 186 g/mol. The lowest BCUT2D eigenvalue weighted by Gasteiger charge is -2.07. The summed E-state index contributed by atoms with van der Waals surface area (Å²) >= 11 is 1.73. The maximum Gasteiger partial charge on any atom is 0.190 e. The van der Waals surface area contributed by atoms with Gasteiger partial charge in [-0.25, -0.2) is 0 Å². The van der Waals surface area contributed by atoms with E-state index in [0.29, 0.717) is 0 Å². The van der Waals surface area contributed by atoms with Crippen LogP contribution in [0.3, 0.4) is 0 Å². The lowest BCUT2D eigenvalue weighted by Crippen LogP contribution is -2.15. The van der Waals surface area contributed by atoms with Crippen molar-refractivity contribution in [2.24, 2.45) is 7.05 Å². The van der Waals surface area contributed by atoms with Crippen molar-refractivity contribution in [1.82, 2.24) is 19.7 Å².